The predicted octanol–water partition coefficient (Wildman–Crippen LogP) is 6.33. The van der Waals surface area contributed by atoms with Crippen molar-refractivity contribution in [3.8, 4) is 11.1 Å². The monoisotopic (exact) mass is 471 g/mol. The Morgan fingerprint density at radius 2 is 1.79 bits per heavy atom. The smallest absolute Gasteiger partial charge is 0.301 e. The number of hydrogen-bond acceptors (Lipinski definition) is 3. The van der Waals surface area contributed by atoms with Gasteiger partial charge < -0.3 is 4.90 Å². The van der Waals surface area contributed by atoms with Crippen LogP contribution in [0.1, 0.15) is 57.8 Å². The van der Waals surface area contributed by atoms with E-state index in [9.17, 15) is 18.0 Å². The summed E-state index contributed by atoms with van der Waals surface area (Å²) in [5.41, 5.74) is 0.751. The summed E-state index contributed by atoms with van der Waals surface area (Å²) in [6, 6.07) is 10.8. The molecule has 1 aromatic heterocycles. The van der Waals surface area contributed by atoms with E-state index in [-0.39, 0.29) is 11.5 Å². The van der Waals surface area contributed by atoms with Gasteiger partial charge in [0.05, 0.1) is 16.5 Å². The minimum absolute atomic E-state index is 0.0741. The van der Waals surface area contributed by atoms with Gasteiger partial charge in [-0.3, -0.25) is 9.36 Å². The SMILES string of the molecule is CC(C)c1nc2ccc(-c3cccc(C(F)(F)F)c3)cc2c(=O)n1C[C@H]1CCCN(C(C)C)C1. The maximum Gasteiger partial charge on any atom is 0.416 e. The number of alkyl halides is 3. The molecule has 0 aliphatic carbocycles. The molecule has 1 aliphatic heterocycles. The number of halogens is 3. The van der Waals surface area contributed by atoms with Gasteiger partial charge in [-0.2, -0.15) is 13.2 Å². The van der Waals surface area contributed by atoms with Crippen LogP contribution in [0.2, 0.25) is 0 Å². The highest BCUT2D eigenvalue weighted by Crippen LogP contribution is 2.33. The third-order valence-corrected chi connectivity index (χ3v) is 6.74. The van der Waals surface area contributed by atoms with Crippen molar-refractivity contribution in [2.45, 2.75) is 65.2 Å². The summed E-state index contributed by atoms with van der Waals surface area (Å²) >= 11 is 0. The summed E-state index contributed by atoms with van der Waals surface area (Å²) < 4.78 is 41.4. The van der Waals surface area contributed by atoms with Gasteiger partial charge in [-0.15, -0.1) is 0 Å². The van der Waals surface area contributed by atoms with Crippen molar-refractivity contribution >= 4 is 10.9 Å². The van der Waals surface area contributed by atoms with Crippen LogP contribution in [0, 0.1) is 5.92 Å². The van der Waals surface area contributed by atoms with E-state index in [4.69, 9.17) is 4.98 Å². The lowest BCUT2D eigenvalue weighted by molar-refractivity contribution is -0.137. The number of fused-ring (bicyclic) bond motifs is 1. The fourth-order valence-corrected chi connectivity index (χ4v) is 4.88. The van der Waals surface area contributed by atoms with E-state index in [1.54, 1.807) is 28.8 Å². The molecule has 4 rings (SSSR count). The van der Waals surface area contributed by atoms with E-state index in [2.05, 4.69) is 18.7 Å². The second-order valence-electron chi connectivity index (χ2n) is 9.95. The Kier molecular flexibility index (Phi) is 6.85. The van der Waals surface area contributed by atoms with Gasteiger partial charge in [-0.05, 0) is 74.5 Å². The Bertz CT molecular complexity index is 1230. The van der Waals surface area contributed by atoms with Gasteiger partial charge in [0.15, 0.2) is 0 Å². The molecular formula is C27H32F3N3O. The molecule has 2 aromatic carbocycles. The predicted molar refractivity (Wildman–Crippen MR) is 130 cm³/mol. The van der Waals surface area contributed by atoms with Crippen LogP contribution in [0.3, 0.4) is 0 Å². The van der Waals surface area contributed by atoms with Gasteiger partial charge >= 0.3 is 6.18 Å². The van der Waals surface area contributed by atoms with Crippen molar-refractivity contribution in [1.29, 1.82) is 0 Å². The topological polar surface area (TPSA) is 38.1 Å². The number of likely N-dealkylation sites (tertiary alicyclic amines) is 1. The van der Waals surface area contributed by atoms with E-state index in [0.717, 1.165) is 43.9 Å². The maximum absolute atomic E-state index is 13.7. The Morgan fingerprint density at radius 3 is 2.47 bits per heavy atom. The number of nitrogens with zero attached hydrogens (tertiary/aromatic N) is 3. The lowest BCUT2D eigenvalue weighted by atomic mass is 9.96. The molecule has 0 bridgehead atoms. The van der Waals surface area contributed by atoms with Crippen molar-refractivity contribution < 1.29 is 13.2 Å². The first kappa shape index (κ1) is 24.5. The zero-order valence-electron chi connectivity index (χ0n) is 20.2. The highest BCUT2D eigenvalue weighted by Gasteiger charge is 2.30. The average Bonchev–Trinajstić information content (AvgIpc) is 2.80. The van der Waals surface area contributed by atoms with E-state index < -0.39 is 11.7 Å². The van der Waals surface area contributed by atoms with Crippen LogP contribution in [0.15, 0.2) is 47.3 Å². The summed E-state index contributed by atoms with van der Waals surface area (Å²) in [5.74, 6) is 1.19. The first-order valence-corrected chi connectivity index (χ1v) is 12.0. The minimum atomic E-state index is -4.42. The van der Waals surface area contributed by atoms with Crippen LogP contribution in [-0.2, 0) is 12.7 Å². The summed E-state index contributed by atoms with van der Waals surface area (Å²) in [6.45, 7) is 11.1. The molecule has 7 heteroatoms. The van der Waals surface area contributed by atoms with Crippen molar-refractivity contribution in [3.05, 3.63) is 64.2 Å². The molecule has 0 saturated carbocycles. The fraction of sp³-hybridized carbons (Fsp3) is 0.481. The quantitative estimate of drug-likeness (QED) is 0.437. The van der Waals surface area contributed by atoms with E-state index in [1.165, 1.54) is 6.07 Å². The molecule has 0 spiro atoms. The zero-order valence-corrected chi connectivity index (χ0v) is 20.2. The molecule has 1 atom stereocenters. The average molecular weight is 472 g/mol. The van der Waals surface area contributed by atoms with Gasteiger partial charge in [0.25, 0.3) is 5.56 Å². The van der Waals surface area contributed by atoms with Crippen LogP contribution < -0.4 is 5.56 Å². The molecule has 2 heterocycles. The van der Waals surface area contributed by atoms with Gasteiger partial charge in [-0.1, -0.05) is 32.0 Å². The van der Waals surface area contributed by atoms with Crippen LogP contribution in [0.25, 0.3) is 22.0 Å². The molecule has 182 valence electrons. The maximum atomic E-state index is 13.7. The Labute approximate surface area is 198 Å². The lowest BCUT2D eigenvalue weighted by Crippen LogP contribution is -2.42. The molecule has 34 heavy (non-hydrogen) atoms. The highest BCUT2D eigenvalue weighted by atomic mass is 19.4. The molecule has 1 fully saturated rings. The van der Waals surface area contributed by atoms with E-state index in [0.29, 0.717) is 40.5 Å². The fourth-order valence-electron chi connectivity index (χ4n) is 4.88. The number of hydrogen-bond donors (Lipinski definition) is 0. The van der Waals surface area contributed by atoms with Gasteiger partial charge in [0.2, 0.25) is 0 Å². The van der Waals surface area contributed by atoms with E-state index in [1.807, 2.05) is 13.8 Å². The van der Waals surface area contributed by atoms with Gasteiger partial charge in [0.1, 0.15) is 5.82 Å². The molecule has 0 unspecified atom stereocenters. The van der Waals surface area contributed by atoms with Gasteiger partial charge in [0, 0.05) is 25.0 Å². The lowest BCUT2D eigenvalue weighted by Gasteiger charge is -2.36. The Balaban J connectivity index is 1.77. The van der Waals surface area contributed by atoms with Crippen LogP contribution in [-0.4, -0.2) is 33.6 Å². The van der Waals surface area contributed by atoms with Crippen molar-refractivity contribution in [2.24, 2.45) is 5.92 Å². The second-order valence-corrected chi connectivity index (χ2v) is 9.95. The number of rotatable bonds is 5. The van der Waals surface area contributed by atoms with E-state index >= 15 is 0 Å². The van der Waals surface area contributed by atoms with Crippen molar-refractivity contribution in [3.63, 3.8) is 0 Å². The summed E-state index contributed by atoms with van der Waals surface area (Å²) in [5, 5.41) is 0.441. The molecule has 0 N–H and O–H groups in total. The number of benzene rings is 2. The molecule has 4 nitrogen and oxygen atoms in total. The van der Waals surface area contributed by atoms with Crippen LogP contribution in [0.4, 0.5) is 13.2 Å². The Morgan fingerprint density at radius 1 is 1.06 bits per heavy atom. The molecule has 1 aliphatic rings. The van der Waals surface area contributed by atoms with Crippen molar-refractivity contribution in [1.82, 2.24) is 14.5 Å². The standard InChI is InChI=1S/C27H32F3N3O/c1-17(2)25-31-24-11-10-21(20-8-5-9-22(13-20)27(28,29)30)14-23(24)26(34)33(25)16-19-7-6-12-32(15-19)18(3)4/h5,8-11,13-14,17-19H,6-7,12,15-16H2,1-4H3/t19-/m0/s1. The molecule has 3 aromatic rings. The largest absolute Gasteiger partial charge is 0.416 e. The van der Waals surface area contributed by atoms with Crippen LogP contribution in [0.5, 0.6) is 0 Å². The summed E-state index contributed by atoms with van der Waals surface area (Å²) in [7, 11) is 0. The second kappa shape index (κ2) is 9.53. The number of aromatic nitrogens is 2. The first-order chi connectivity index (χ1) is 16.0. The van der Waals surface area contributed by atoms with Crippen molar-refractivity contribution in [2.75, 3.05) is 13.1 Å². The summed E-state index contributed by atoms with van der Waals surface area (Å²) in [6.07, 6.45) is -2.25. The molecular weight excluding hydrogens is 439 g/mol. The summed E-state index contributed by atoms with van der Waals surface area (Å²) in [4.78, 5) is 21.0. The minimum Gasteiger partial charge on any atom is -0.301 e. The molecule has 0 amide bonds. The van der Waals surface area contributed by atoms with Gasteiger partial charge in [-0.25, -0.2) is 4.98 Å². The molecule has 0 radical (unpaired) electrons. The number of piperidine rings is 1. The third kappa shape index (κ3) is 5.04. The normalized spacial score (nSPS) is 17.7. The molecule has 1 saturated heterocycles. The highest BCUT2D eigenvalue weighted by molar-refractivity contribution is 5.84. The third-order valence-electron chi connectivity index (χ3n) is 6.74. The zero-order chi connectivity index (χ0) is 24.6. The Hall–Kier alpha value is -2.67. The first-order valence-electron chi connectivity index (χ1n) is 12.0. The van der Waals surface area contributed by atoms with Crippen LogP contribution >= 0.6 is 0 Å².